The Kier molecular flexibility index (Phi) is 1.89. The van der Waals surface area contributed by atoms with E-state index in [1.807, 2.05) is 0 Å². The summed E-state index contributed by atoms with van der Waals surface area (Å²) in [5.74, 6) is 0. The van der Waals surface area contributed by atoms with Crippen molar-refractivity contribution in [3.8, 4) is 22.3 Å². The van der Waals surface area contributed by atoms with E-state index in [9.17, 15) is 0 Å². The van der Waals surface area contributed by atoms with Crippen molar-refractivity contribution in [1.82, 2.24) is 0 Å². The standard InChI is InChI=1S/C16H9I/c17-15-9-8-13-11-5-2-1-4-10(11)12-6-3-7-14(15)16(12)13/h1-9H. The lowest BCUT2D eigenvalue weighted by atomic mass is 10.0. The summed E-state index contributed by atoms with van der Waals surface area (Å²) >= 11 is 2.42. The highest BCUT2D eigenvalue weighted by molar-refractivity contribution is 14.1. The minimum absolute atomic E-state index is 1.33. The number of rotatable bonds is 0. The minimum atomic E-state index is 1.33. The average Bonchev–Trinajstić information content (AvgIpc) is 2.70. The predicted molar refractivity (Wildman–Crippen MR) is 81.1 cm³/mol. The highest BCUT2D eigenvalue weighted by atomic mass is 127. The maximum Gasteiger partial charge on any atom is 0.0209 e. The zero-order valence-corrected chi connectivity index (χ0v) is 11.2. The van der Waals surface area contributed by atoms with Crippen LogP contribution in [0.4, 0.5) is 0 Å². The fraction of sp³-hybridized carbons (Fsp3) is 0. The maximum absolute atomic E-state index is 2.42. The van der Waals surface area contributed by atoms with Crippen LogP contribution in [0.15, 0.2) is 54.6 Å². The van der Waals surface area contributed by atoms with Crippen molar-refractivity contribution >= 4 is 33.4 Å². The van der Waals surface area contributed by atoms with Crippen LogP contribution in [0.2, 0.25) is 0 Å². The largest absolute Gasteiger partial charge is 0.0616 e. The summed E-state index contributed by atoms with van der Waals surface area (Å²) in [5.41, 5.74) is 5.50. The number of halogens is 1. The third-order valence-electron chi connectivity index (χ3n) is 3.49. The second kappa shape index (κ2) is 3.33. The molecule has 0 spiro atoms. The van der Waals surface area contributed by atoms with Gasteiger partial charge in [0, 0.05) is 3.57 Å². The highest BCUT2D eigenvalue weighted by Crippen LogP contribution is 2.47. The fourth-order valence-electron chi connectivity index (χ4n) is 2.77. The van der Waals surface area contributed by atoms with Gasteiger partial charge in [-0.25, -0.2) is 0 Å². The third-order valence-corrected chi connectivity index (χ3v) is 4.44. The van der Waals surface area contributed by atoms with Gasteiger partial charge in [-0.05, 0) is 61.7 Å². The first-order chi connectivity index (χ1) is 8.36. The summed E-state index contributed by atoms with van der Waals surface area (Å²) in [5, 5.41) is 2.79. The van der Waals surface area contributed by atoms with Gasteiger partial charge in [-0.3, -0.25) is 0 Å². The average molecular weight is 328 g/mol. The molecule has 0 fully saturated rings. The molecule has 0 radical (unpaired) electrons. The van der Waals surface area contributed by atoms with Crippen LogP contribution in [-0.2, 0) is 0 Å². The van der Waals surface area contributed by atoms with Crippen molar-refractivity contribution in [3.05, 3.63) is 58.2 Å². The summed E-state index contributed by atoms with van der Waals surface area (Å²) < 4.78 is 1.33. The first kappa shape index (κ1) is 9.66. The van der Waals surface area contributed by atoms with E-state index in [4.69, 9.17) is 0 Å². The van der Waals surface area contributed by atoms with Gasteiger partial charge in [0.1, 0.15) is 0 Å². The van der Waals surface area contributed by atoms with Gasteiger partial charge in [0.15, 0.2) is 0 Å². The molecule has 0 atom stereocenters. The Morgan fingerprint density at radius 2 is 1.24 bits per heavy atom. The van der Waals surface area contributed by atoms with Crippen LogP contribution in [0, 0.1) is 3.57 Å². The van der Waals surface area contributed by atoms with Crippen LogP contribution in [-0.4, -0.2) is 0 Å². The molecule has 80 valence electrons. The summed E-state index contributed by atoms with van der Waals surface area (Å²) in [6.45, 7) is 0. The van der Waals surface area contributed by atoms with E-state index >= 15 is 0 Å². The molecule has 3 aromatic rings. The van der Waals surface area contributed by atoms with E-state index < -0.39 is 0 Å². The monoisotopic (exact) mass is 328 g/mol. The quantitative estimate of drug-likeness (QED) is 0.394. The van der Waals surface area contributed by atoms with Crippen molar-refractivity contribution in [3.63, 3.8) is 0 Å². The van der Waals surface area contributed by atoms with Crippen LogP contribution < -0.4 is 0 Å². The smallest absolute Gasteiger partial charge is 0.0209 e. The lowest BCUT2D eigenvalue weighted by Crippen LogP contribution is -1.79. The first-order valence-corrected chi connectivity index (χ1v) is 6.75. The van der Waals surface area contributed by atoms with Gasteiger partial charge in [-0.1, -0.05) is 48.5 Å². The Morgan fingerprint density at radius 1 is 0.588 bits per heavy atom. The zero-order chi connectivity index (χ0) is 11.4. The Hall–Kier alpha value is -1.35. The Labute approximate surface area is 113 Å². The highest BCUT2D eigenvalue weighted by Gasteiger charge is 2.20. The van der Waals surface area contributed by atoms with Crippen LogP contribution >= 0.6 is 22.6 Å². The van der Waals surface area contributed by atoms with E-state index in [0.29, 0.717) is 0 Å². The molecule has 1 aliphatic rings. The Balaban J connectivity index is 2.30. The minimum Gasteiger partial charge on any atom is -0.0616 e. The predicted octanol–water partition coefficient (Wildman–Crippen LogP) is 5.09. The molecule has 0 bridgehead atoms. The van der Waals surface area contributed by atoms with E-state index in [-0.39, 0.29) is 0 Å². The molecule has 3 aromatic carbocycles. The van der Waals surface area contributed by atoms with E-state index in [0.717, 1.165) is 0 Å². The molecule has 4 rings (SSSR count). The summed E-state index contributed by atoms with van der Waals surface area (Å²) in [6.07, 6.45) is 0. The molecular weight excluding hydrogens is 319 g/mol. The van der Waals surface area contributed by atoms with Crippen molar-refractivity contribution in [2.24, 2.45) is 0 Å². The van der Waals surface area contributed by atoms with Gasteiger partial charge in [-0.2, -0.15) is 0 Å². The van der Waals surface area contributed by atoms with Crippen LogP contribution in [0.1, 0.15) is 0 Å². The van der Waals surface area contributed by atoms with Crippen LogP contribution in [0.5, 0.6) is 0 Å². The van der Waals surface area contributed by atoms with Crippen molar-refractivity contribution in [2.75, 3.05) is 0 Å². The van der Waals surface area contributed by atoms with Crippen molar-refractivity contribution in [2.45, 2.75) is 0 Å². The van der Waals surface area contributed by atoms with E-state index in [2.05, 4.69) is 77.2 Å². The summed E-state index contributed by atoms with van der Waals surface area (Å²) in [7, 11) is 0. The van der Waals surface area contributed by atoms with Gasteiger partial charge in [0.25, 0.3) is 0 Å². The summed E-state index contributed by atoms with van der Waals surface area (Å²) in [4.78, 5) is 0. The molecule has 1 heteroatoms. The second-order valence-corrected chi connectivity index (χ2v) is 5.53. The molecular formula is C16H9I. The fourth-order valence-corrected chi connectivity index (χ4v) is 3.40. The normalized spacial score (nSPS) is 11.8. The maximum atomic E-state index is 2.42. The molecule has 1 aliphatic carbocycles. The molecule has 17 heavy (non-hydrogen) atoms. The molecule has 0 heterocycles. The van der Waals surface area contributed by atoms with Crippen LogP contribution in [0.25, 0.3) is 33.0 Å². The van der Waals surface area contributed by atoms with Gasteiger partial charge in [0.2, 0.25) is 0 Å². The topological polar surface area (TPSA) is 0 Å². The number of fused-ring (bicyclic) bond motifs is 3. The van der Waals surface area contributed by atoms with Crippen molar-refractivity contribution in [1.29, 1.82) is 0 Å². The second-order valence-electron chi connectivity index (χ2n) is 4.37. The molecule has 0 saturated heterocycles. The molecule has 0 saturated carbocycles. The Morgan fingerprint density at radius 3 is 2.00 bits per heavy atom. The number of hydrogen-bond donors (Lipinski definition) is 0. The first-order valence-electron chi connectivity index (χ1n) is 5.67. The van der Waals surface area contributed by atoms with Gasteiger partial charge >= 0.3 is 0 Å². The van der Waals surface area contributed by atoms with Crippen molar-refractivity contribution < 1.29 is 0 Å². The molecule has 0 nitrogen and oxygen atoms in total. The summed E-state index contributed by atoms with van der Waals surface area (Å²) in [6, 6.07) is 19.7. The lowest BCUT2D eigenvalue weighted by molar-refractivity contribution is 1.69. The lowest BCUT2D eigenvalue weighted by Gasteiger charge is -2.03. The SMILES string of the molecule is Ic1ccc2c3c(cccc13)-c1ccccc1-2. The molecule has 0 aromatic heterocycles. The van der Waals surface area contributed by atoms with Gasteiger partial charge in [-0.15, -0.1) is 0 Å². The van der Waals surface area contributed by atoms with Gasteiger partial charge in [0.05, 0.1) is 0 Å². The van der Waals surface area contributed by atoms with Crippen LogP contribution in [0.3, 0.4) is 0 Å². The van der Waals surface area contributed by atoms with E-state index in [1.54, 1.807) is 0 Å². The molecule has 0 amide bonds. The van der Waals surface area contributed by atoms with E-state index in [1.165, 1.54) is 36.6 Å². The number of hydrogen-bond acceptors (Lipinski definition) is 0. The van der Waals surface area contributed by atoms with Gasteiger partial charge < -0.3 is 0 Å². The molecule has 0 N–H and O–H groups in total. The third kappa shape index (κ3) is 1.18. The molecule has 0 unspecified atom stereocenters. The zero-order valence-electron chi connectivity index (χ0n) is 9.07. The number of benzene rings is 3. The molecule has 0 aliphatic heterocycles. The Bertz CT molecular complexity index is 727.